The van der Waals surface area contributed by atoms with Gasteiger partial charge in [0, 0.05) is 9.75 Å². The van der Waals surface area contributed by atoms with Crippen LogP contribution in [0.5, 0.6) is 0 Å². The Morgan fingerprint density at radius 2 is 1.13 bits per heavy atom. The van der Waals surface area contributed by atoms with Gasteiger partial charge in [-0.25, -0.2) is 0 Å². The molecule has 5 heteroatoms. The molecule has 0 nitrogen and oxygen atoms in total. The molecule has 23 heavy (non-hydrogen) atoms. The number of hydrogen-bond donors (Lipinski definition) is 0. The molecule has 2 aliphatic rings. The van der Waals surface area contributed by atoms with E-state index in [1.807, 2.05) is 0 Å². The second-order valence-corrected chi connectivity index (χ2v) is 26.1. The summed E-state index contributed by atoms with van der Waals surface area (Å²) in [5.74, 6) is 0. The molecule has 0 fully saturated rings. The van der Waals surface area contributed by atoms with Crippen molar-refractivity contribution < 1.29 is 0 Å². The molecule has 2 aromatic heterocycles. The van der Waals surface area contributed by atoms with E-state index in [-0.39, 0.29) is 0 Å². The number of hydrogen-bond acceptors (Lipinski definition) is 2. The fraction of sp³-hybridized carbons (Fsp3) is 0.444. The quantitative estimate of drug-likeness (QED) is 0.537. The fourth-order valence-electron chi connectivity index (χ4n) is 3.81. The number of fused-ring (bicyclic) bond motifs is 5. The van der Waals surface area contributed by atoms with E-state index in [1.54, 1.807) is 29.1 Å². The third-order valence-electron chi connectivity index (χ3n) is 5.28. The Morgan fingerprint density at radius 1 is 0.739 bits per heavy atom. The van der Waals surface area contributed by atoms with Crippen molar-refractivity contribution in [1.29, 1.82) is 0 Å². The minimum absolute atomic E-state index is 1.21. The minimum atomic E-state index is -1.47. The lowest BCUT2D eigenvalue weighted by Crippen LogP contribution is -2.53. The first kappa shape index (κ1) is 16.3. The van der Waals surface area contributed by atoms with Gasteiger partial charge in [-0.05, 0) is 31.5 Å². The second-order valence-electron chi connectivity index (χ2n) is 9.17. The molecule has 1 spiro atoms. The largest absolute Gasteiger partial charge is 0.144 e. The number of allylic oxidation sites excluding steroid dienone is 2. The molecule has 0 unspecified atom stereocenters. The summed E-state index contributed by atoms with van der Waals surface area (Å²) in [4.78, 5) is 3.37. The summed E-state index contributed by atoms with van der Waals surface area (Å²) in [5.41, 5.74) is 0. The number of thiophene rings is 2. The van der Waals surface area contributed by atoms with Crippen molar-refractivity contribution >= 4 is 66.3 Å². The molecule has 0 saturated carbocycles. The van der Waals surface area contributed by atoms with Crippen molar-refractivity contribution in [3.8, 4) is 9.75 Å². The van der Waals surface area contributed by atoms with Crippen LogP contribution in [0.25, 0.3) is 9.75 Å². The Labute approximate surface area is 151 Å². The monoisotopic (exact) mass is 390 g/mol. The normalized spacial score (nSPS) is 18.7. The van der Waals surface area contributed by atoms with E-state index in [9.17, 15) is 0 Å². The summed E-state index contributed by atoms with van der Waals surface area (Å²) in [6.07, 6.45) is 4.95. The zero-order valence-corrected chi connectivity index (χ0v) is 19.7. The van der Waals surface area contributed by atoms with Gasteiger partial charge in [0.05, 0.1) is 16.1 Å². The molecular weight excluding hydrogens is 365 g/mol. The first-order valence-corrected chi connectivity index (χ1v) is 19.6. The van der Waals surface area contributed by atoms with Gasteiger partial charge in [-0.15, -0.1) is 22.7 Å². The zero-order valence-electron chi connectivity index (χ0n) is 15.0. The molecule has 0 bridgehead atoms. The van der Waals surface area contributed by atoms with Crippen molar-refractivity contribution in [1.82, 2.24) is 0 Å². The first-order chi connectivity index (χ1) is 10.6. The van der Waals surface area contributed by atoms with Gasteiger partial charge in [0.15, 0.2) is 0 Å². The summed E-state index contributed by atoms with van der Waals surface area (Å²) in [6, 6.07) is 8.01. The predicted octanol–water partition coefficient (Wildman–Crippen LogP) is 4.01. The lowest BCUT2D eigenvalue weighted by Gasteiger charge is -2.23. The summed E-state index contributed by atoms with van der Waals surface area (Å²) in [6.45, 7) is 15.0. The maximum atomic E-state index is 2.66. The molecule has 2 aromatic rings. The molecule has 0 N–H and O–H groups in total. The summed E-state index contributed by atoms with van der Waals surface area (Å²) in [7, 11) is -3.89. The predicted molar refractivity (Wildman–Crippen MR) is 117 cm³/mol. The van der Waals surface area contributed by atoms with Crippen molar-refractivity contribution in [3.05, 3.63) is 24.3 Å². The van der Waals surface area contributed by atoms with Gasteiger partial charge in [-0.2, -0.15) is 0 Å². The molecule has 0 aromatic carbocycles. The van der Waals surface area contributed by atoms with Crippen molar-refractivity contribution in [2.24, 2.45) is 0 Å². The SMILES string of the molecule is C[Si](C)(C)c1cc2c(s1)-c1sc([Si](C)(C)C)cc1[Si]21CC=CC1. The highest BCUT2D eigenvalue weighted by Crippen LogP contribution is 2.41. The average Bonchev–Trinajstić information content (AvgIpc) is 3.16. The second kappa shape index (κ2) is 4.91. The van der Waals surface area contributed by atoms with Gasteiger partial charge in [0.25, 0.3) is 0 Å². The topological polar surface area (TPSA) is 0 Å². The molecule has 4 rings (SSSR count). The van der Waals surface area contributed by atoms with E-state index >= 15 is 0 Å². The van der Waals surface area contributed by atoms with Crippen LogP contribution >= 0.6 is 22.7 Å². The third kappa shape index (κ3) is 2.31. The highest BCUT2D eigenvalue weighted by molar-refractivity contribution is 7.38. The van der Waals surface area contributed by atoms with Crippen LogP contribution in [0.4, 0.5) is 0 Å². The molecule has 2 aliphatic heterocycles. The smallest absolute Gasteiger partial charge is 0.129 e. The zero-order chi connectivity index (χ0) is 16.6. The Kier molecular flexibility index (Phi) is 3.47. The fourth-order valence-corrected chi connectivity index (χ4v) is 16.4. The van der Waals surface area contributed by atoms with Crippen molar-refractivity contribution in [3.63, 3.8) is 0 Å². The average molecular weight is 391 g/mol. The Bertz CT molecular complexity index is 744. The van der Waals surface area contributed by atoms with E-state index in [1.165, 1.54) is 12.1 Å². The highest BCUT2D eigenvalue weighted by Gasteiger charge is 2.49. The lowest BCUT2D eigenvalue weighted by molar-refractivity contribution is 1.63. The molecule has 0 amide bonds. The third-order valence-corrected chi connectivity index (χ3v) is 20.0. The molecule has 0 aliphatic carbocycles. The molecule has 0 radical (unpaired) electrons. The van der Waals surface area contributed by atoms with Gasteiger partial charge in [0.2, 0.25) is 0 Å². The van der Waals surface area contributed by atoms with E-state index in [0.717, 1.165) is 0 Å². The minimum Gasteiger partial charge on any atom is -0.144 e. The van der Waals surface area contributed by atoms with Crippen LogP contribution in [0, 0.1) is 0 Å². The highest BCUT2D eigenvalue weighted by atomic mass is 32.1. The standard InChI is InChI=1S/C18H26S2Si3/c1-21(2,3)15-11-13-17(19-15)18-14(23(13)9-7-8-10-23)12-16(20-18)22(4,5)6/h7-8,11-12H,9-10H2,1-6H3. The Balaban J connectivity index is 1.95. The molecule has 0 atom stereocenters. The van der Waals surface area contributed by atoms with Crippen LogP contribution in [-0.4, -0.2) is 24.2 Å². The van der Waals surface area contributed by atoms with Gasteiger partial charge in [0.1, 0.15) is 8.07 Å². The summed E-state index contributed by atoms with van der Waals surface area (Å²) >= 11 is 4.30. The van der Waals surface area contributed by atoms with Crippen LogP contribution in [-0.2, 0) is 0 Å². The summed E-state index contributed by atoms with van der Waals surface area (Å²) < 4.78 is 3.43. The first-order valence-electron chi connectivity index (χ1n) is 8.58. The van der Waals surface area contributed by atoms with E-state index in [2.05, 4.69) is 86.2 Å². The van der Waals surface area contributed by atoms with E-state index in [4.69, 9.17) is 0 Å². The van der Waals surface area contributed by atoms with Crippen LogP contribution in [0.1, 0.15) is 0 Å². The van der Waals surface area contributed by atoms with Gasteiger partial charge in [-0.3, -0.25) is 0 Å². The number of rotatable bonds is 2. The Morgan fingerprint density at radius 3 is 1.48 bits per heavy atom. The van der Waals surface area contributed by atoms with Crippen molar-refractivity contribution in [2.45, 2.75) is 51.4 Å². The van der Waals surface area contributed by atoms with Crippen LogP contribution in [0.3, 0.4) is 0 Å². The van der Waals surface area contributed by atoms with Crippen LogP contribution in [0.15, 0.2) is 24.3 Å². The lowest BCUT2D eigenvalue weighted by atomic mass is 10.4. The van der Waals surface area contributed by atoms with Gasteiger partial charge in [-0.1, -0.05) is 63.6 Å². The van der Waals surface area contributed by atoms with Crippen LogP contribution in [0.2, 0.25) is 51.4 Å². The Hall–Kier alpha value is -0.209. The van der Waals surface area contributed by atoms with E-state index in [0.29, 0.717) is 0 Å². The van der Waals surface area contributed by atoms with Crippen molar-refractivity contribution in [2.75, 3.05) is 0 Å². The van der Waals surface area contributed by atoms with Crippen LogP contribution < -0.4 is 19.4 Å². The van der Waals surface area contributed by atoms with E-state index < -0.39 is 24.2 Å². The van der Waals surface area contributed by atoms with Gasteiger partial charge < -0.3 is 0 Å². The van der Waals surface area contributed by atoms with Gasteiger partial charge >= 0.3 is 0 Å². The maximum Gasteiger partial charge on any atom is 0.129 e. The molecule has 4 heterocycles. The molecule has 0 saturated heterocycles. The molecule has 122 valence electrons. The maximum absolute atomic E-state index is 2.66. The summed E-state index contributed by atoms with van der Waals surface area (Å²) in [5, 5.41) is 3.60. The molecular formula is C18H26S2Si3.